The second kappa shape index (κ2) is 6.96. The molecule has 1 unspecified atom stereocenters. The molecule has 0 fully saturated rings. The van der Waals surface area contributed by atoms with Gasteiger partial charge in [-0.05, 0) is 44.7 Å². The lowest BCUT2D eigenvalue weighted by atomic mass is 10.1. The van der Waals surface area contributed by atoms with E-state index < -0.39 is 0 Å². The fourth-order valence-corrected chi connectivity index (χ4v) is 1.84. The zero-order valence-corrected chi connectivity index (χ0v) is 10.8. The van der Waals surface area contributed by atoms with Crippen molar-refractivity contribution in [1.29, 1.82) is 0 Å². The molecule has 0 aliphatic carbocycles. The van der Waals surface area contributed by atoms with Gasteiger partial charge in [0.2, 0.25) is 5.91 Å². The Morgan fingerprint density at radius 3 is 2.50 bits per heavy atom. The van der Waals surface area contributed by atoms with E-state index in [1.807, 2.05) is 6.92 Å². The summed E-state index contributed by atoms with van der Waals surface area (Å²) in [5.74, 6) is -0.604. The predicted molar refractivity (Wildman–Crippen MR) is 70.9 cm³/mol. The number of likely N-dealkylation sites (N-methyl/N-ethyl adjacent to an activating group) is 1. The highest BCUT2D eigenvalue weighted by Gasteiger charge is 2.14. The van der Waals surface area contributed by atoms with E-state index in [9.17, 15) is 9.18 Å². The first kappa shape index (κ1) is 14.4. The number of halogens is 1. The maximum Gasteiger partial charge on any atom is 0.234 e. The Kier molecular flexibility index (Phi) is 5.58. The zero-order chi connectivity index (χ0) is 13.5. The molecule has 1 aromatic rings. The highest BCUT2D eigenvalue weighted by molar-refractivity contribution is 5.79. The van der Waals surface area contributed by atoms with E-state index in [0.717, 1.165) is 12.2 Å². The van der Waals surface area contributed by atoms with Crippen LogP contribution in [0.2, 0.25) is 0 Å². The maximum absolute atomic E-state index is 12.8. The molecule has 0 saturated carbocycles. The molecule has 0 spiro atoms. The number of hydrogen-bond acceptors (Lipinski definition) is 3. The summed E-state index contributed by atoms with van der Waals surface area (Å²) in [6.45, 7) is 3.50. The summed E-state index contributed by atoms with van der Waals surface area (Å²) < 4.78 is 12.8. The molecular formula is C13H20FN3O. The predicted octanol–water partition coefficient (Wildman–Crippen LogP) is 1.12. The third kappa shape index (κ3) is 4.00. The van der Waals surface area contributed by atoms with E-state index in [1.54, 1.807) is 19.2 Å². The molecule has 0 aromatic heterocycles. The van der Waals surface area contributed by atoms with Crippen LogP contribution in [0.15, 0.2) is 24.3 Å². The molecule has 100 valence electrons. The molecule has 0 radical (unpaired) electrons. The molecule has 0 aliphatic heterocycles. The number of benzene rings is 1. The number of nitrogens with zero attached hydrogens (tertiary/aromatic N) is 1. The highest BCUT2D eigenvalue weighted by Crippen LogP contribution is 2.15. The monoisotopic (exact) mass is 253 g/mol. The minimum absolute atomic E-state index is 0.250. The minimum atomic E-state index is -0.354. The van der Waals surface area contributed by atoms with Crippen molar-refractivity contribution in [3.05, 3.63) is 30.1 Å². The number of nitrogens with two attached hydrogens (primary N) is 1. The van der Waals surface area contributed by atoms with Crippen LogP contribution < -0.4 is 16.0 Å². The van der Waals surface area contributed by atoms with Gasteiger partial charge >= 0.3 is 0 Å². The van der Waals surface area contributed by atoms with Crippen LogP contribution >= 0.6 is 0 Å². The average Bonchev–Trinajstić information content (AvgIpc) is 2.36. The lowest BCUT2D eigenvalue weighted by Gasteiger charge is -2.25. The number of rotatable bonds is 7. The lowest BCUT2D eigenvalue weighted by molar-refractivity contribution is -0.120. The van der Waals surface area contributed by atoms with Crippen molar-refractivity contribution in [1.82, 2.24) is 5.32 Å². The number of nitrogens with one attached hydrogen (secondary N) is 1. The van der Waals surface area contributed by atoms with Gasteiger partial charge in [0.1, 0.15) is 5.82 Å². The lowest BCUT2D eigenvalue weighted by Crippen LogP contribution is -2.41. The van der Waals surface area contributed by atoms with E-state index in [4.69, 9.17) is 5.73 Å². The van der Waals surface area contributed by atoms with Crippen LogP contribution in [0, 0.1) is 5.82 Å². The Balaban J connectivity index is 2.62. The number of carbonyl (C=O) groups is 1. The van der Waals surface area contributed by atoms with Crippen molar-refractivity contribution in [3.63, 3.8) is 0 Å². The Bertz CT molecular complexity index is 380. The standard InChI is InChI=1S/C13H20FN3O/c1-3-17(9-8-12(16-2)13(15)18)11-6-4-10(14)5-7-11/h4-7,12,16H,3,8-9H2,1-2H3,(H2,15,18). The quantitative estimate of drug-likeness (QED) is 0.765. The highest BCUT2D eigenvalue weighted by atomic mass is 19.1. The Hall–Kier alpha value is -1.62. The van der Waals surface area contributed by atoms with Gasteiger partial charge in [0.05, 0.1) is 6.04 Å². The Labute approximate surface area is 107 Å². The first-order chi connectivity index (χ1) is 8.58. The molecule has 0 aliphatic rings. The number of amides is 1. The minimum Gasteiger partial charge on any atom is -0.372 e. The molecule has 1 atom stereocenters. The Morgan fingerprint density at radius 2 is 2.06 bits per heavy atom. The molecule has 0 heterocycles. The second-order valence-corrected chi connectivity index (χ2v) is 4.09. The van der Waals surface area contributed by atoms with Gasteiger partial charge in [-0.3, -0.25) is 4.79 Å². The molecule has 1 rings (SSSR count). The van der Waals surface area contributed by atoms with Crippen LogP contribution in [0.4, 0.5) is 10.1 Å². The fourth-order valence-electron chi connectivity index (χ4n) is 1.84. The topological polar surface area (TPSA) is 58.4 Å². The van der Waals surface area contributed by atoms with E-state index in [1.165, 1.54) is 12.1 Å². The van der Waals surface area contributed by atoms with Crippen molar-refractivity contribution in [2.24, 2.45) is 5.73 Å². The second-order valence-electron chi connectivity index (χ2n) is 4.09. The van der Waals surface area contributed by atoms with Gasteiger partial charge in [-0.1, -0.05) is 0 Å². The molecule has 1 amide bonds. The van der Waals surface area contributed by atoms with Crippen LogP contribution in [0.3, 0.4) is 0 Å². The maximum atomic E-state index is 12.8. The van der Waals surface area contributed by atoms with Crippen molar-refractivity contribution in [3.8, 4) is 0 Å². The van der Waals surface area contributed by atoms with Gasteiger partial charge in [-0.2, -0.15) is 0 Å². The summed E-state index contributed by atoms with van der Waals surface area (Å²) in [5.41, 5.74) is 6.21. The molecule has 4 nitrogen and oxygen atoms in total. The first-order valence-corrected chi connectivity index (χ1v) is 6.05. The molecule has 1 aromatic carbocycles. The summed E-state index contributed by atoms with van der Waals surface area (Å²) in [6.07, 6.45) is 0.622. The summed E-state index contributed by atoms with van der Waals surface area (Å²) in [5, 5.41) is 2.88. The van der Waals surface area contributed by atoms with Crippen molar-refractivity contribution in [2.75, 3.05) is 25.0 Å². The third-order valence-corrected chi connectivity index (χ3v) is 2.95. The summed E-state index contributed by atoms with van der Waals surface area (Å²) in [7, 11) is 1.71. The summed E-state index contributed by atoms with van der Waals surface area (Å²) in [4.78, 5) is 13.2. The van der Waals surface area contributed by atoms with Gasteiger partial charge in [0, 0.05) is 18.8 Å². The van der Waals surface area contributed by atoms with Gasteiger partial charge in [-0.15, -0.1) is 0 Å². The smallest absolute Gasteiger partial charge is 0.234 e. The van der Waals surface area contributed by atoms with Crippen LogP contribution in [0.25, 0.3) is 0 Å². The van der Waals surface area contributed by atoms with Crippen molar-refractivity contribution >= 4 is 11.6 Å². The van der Waals surface area contributed by atoms with Gasteiger partial charge in [-0.25, -0.2) is 4.39 Å². The van der Waals surface area contributed by atoms with Gasteiger partial charge in [0.25, 0.3) is 0 Å². The normalized spacial score (nSPS) is 12.2. The SMILES string of the molecule is CCN(CCC(NC)C(N)=O)c1ccc(F)cc1. The van der Waals surface area contributed by atoms with Crippen LogP contribution in [-0.4, -0.2) is 32.1 Å². The zero-order valence-electron chi connectivity index (χ0n) is 10.8. The van der Waals surface area contributed by atoms with E-state index in [2.05, 4.69) is 10.2 Å². The van der Waals surface area contributed by atoms with Crippen molar-refractivity contribution < 1.29 is 9.18 Å². The molecule has 3 N–H and O–H groups in total. The largest absolute Gasteiger partial charge is 0.372 e. The van der Waals surface area contributed by atoms with Gasteiger partial charge in [0.15, 0.2) is 0 Å². The van der Waals surface area contributed by atoms with E-state index in [-0.39, 0.29) is 17.8 Å². The molecule has 5 heteroatoms. The van der Waals surface area contributed by atoms with Crippen molar-refractivity contribution in [2.45, 2.75) is 19.4 Å². The number of hydrogen-bond donors (Lipinski definition) is 2. The van der Waals surface area contributed by atoms with Crippen LogP contribution in [0.1, 0.15) is 13.3 Å². The van der Waals surface area contributed by atoms with Gasteiger partial charge < -0.3 is 16.0 Å². The fraction of sp³-hybridized carbons (Fsp3) is 0.462. The molecular weight excluding hydrogens is 233 g/mol. The van der Waals surface area contributed by atoms with E-state index in [0.29, 0.717) is 13.0 Å². The number of carbonyl (C=O) groups excluding carboxylic acids is 1. The van der Waals surface area contributed by atoms with Crippen LogP contribution in [-0.2, 0) is 4.79 Å². The number of anilines is 1. The first-order valence-electron chi connectivity index (χ1n) is 6.05. The molecule has 0 bridgehead atoms. The van der Waals surface area contributed by atoms with E-state index >= 15 is 0 Å². The number of primary amides is 1. The van der Waals surface area contributed by atoms with Crippen LogP contribution in [0.5, 0.6) is 0 Å². The molecule has 0 saturated heterocycles. The Morgan fingerprint density at radius 1 is 1.44 bits per heavy atom. The summed E-state index contributed by atoms with van der Waals surface area (Å²) >= 11 is 0. The summed E-state index contributed by atoms with van der Waals surface area (Å²) in [6, 6.07) is 6.00. The average molecular weight is 253 g/mol. The molecule has 18 heavy (non-hydrogen) atoms. The third-order valence-electron chi connectivity index (χ3n) is 2.95.